The Hall–Kier alpha value is -1.49. The van der Waals surface area contributed by atoms with Gasteiger partial charge in [0.1, 0.15) is 11.5 Å². The Morgan fingerprint density at radius 1 is 1.29 bits per heavy atom. The first-order valence-electron chi connectivity index (χ1n) is 7.68. The number of rotatable bonds is 2. The summed E-state index contributed by atoms with van der Waals surface area (Å²) in [5.41, 5.74) is 6.52. The minimum absolute atomic E-state index is 0.104. The van der Waals surface area contributed by atoms with Gasteiger partial charge in [0.25, 0.3) is 5.91 Å². The van der Waals surface area contributed by atoms with Crippen molar-refractivity contribution in [3.63, 3.8) is 0 Å². The van der Waals surface area contributed by atoms with Gasteiger partial charge in [-0.25, -0.2) is 9.37 Å². The molecule has 0 radical (unpaired) electrons. The van der Waals surface area contributed by atoms with E-state index >= 15 is 0 Å². The van der Waals surface area contributed by atoms with Crippen LogP contribution in [0.3, 0.4) is 0 Å². The van der Waals surface area contributed by atoms with Gasteiger partial charge in [0, 0.05) is 11.1 Å². The molecule has 0 saturated heterocycles. The van der Waals surface area contributed by atoms with Gasteiger partial charge in [0.15, 0.2) is 0 Å². The van der Waals surface area contributed by atoms with E-state index in [-0.39, 0.29) is 22.7 Å². The fourth-order valence-corrected chi connectivity index (χ4v) is 5.29. The Labute approximate surface area is 123 Å². The molecule has 0 aliphatic heterocycles. The molecule has 1 aromatic heterocycles. The number of nitrogens with one attached hydrogen (secondary N) is 1. The Kier molecular flexibility index (Phi) is 2.67. The van der Waals surface area contributed by atoms with Crippen LogP contribution in [0.5, 0.6) is 0 Å². The lowest BCUT2D eigenvalue weighted by Crippen LogP contribution is -2.68. The van der Waals surface area contributed by atoms with Gasteiger partial charge >= 0.3 is 0 Å². The van der Waals surface area contributed by atoms with Gasteiger partial charge in [-0.05, 0) is 62.5 Å². The highest BCUT2D eigenvalue weighted by Crippen LogP contribution is 2.56. The van der Waals surface area contributed by atoms with Gasteiger partial charge in [0.05, 0.1) is 6.20 Å². The van der Waals surface area contributed by atoms with Crippen LogP contribution >= 0.6 is 0 Å². The van der Waals surface area contributed by atoms with Gasteiger partial charge in [-0.3, -0.25) is 4.79 Å². The number of hydrogen-bond donors (Lipinski definition) is 2. The number of halogens is 1. The number of nitrogens with zero attached hydrogens (tertiary/aromatic N) is 1. The molecule has 1 amide bonds. The van der Waals surface area contributed by atoms with E-state index in [9.17, 15) is 9.18 Å². The van der Waals surface area contributed by atoms with Crippen LogP contribution in [0.15, 0.2) is 18.3 Å². The van der Waals surface area contributed by atoms with E-state index in [1.807, 2.05) is 0 Å². The van der Waals surface area contributed by atoms with Crippen LogP contribution in [0.1, 0.15) is 49.0 Å². The third kappa shape index (κ3) is 2.24. The van der Waals surface area contributed by atoms with Crippen molar-refractivity contribution >= 4 is 5.91 Å². The zero-order chi connectivity index (χ0) is 14.7. The molecular formula is C16H20FN3O. The summed E-state index contributed by atoms with van der Waals surface area (Å²) in [5.74, 6) is 0.637. The molecule has 4 saturated carbocycles. The Morgan fingerprint density at radius 3 is 2.57 bits per heavy atom. The van der Waals surface area contributed by atoms with E-state index in [4.69, 9.17) is 5.73 Å². The third-order valence-corrected chi connectivity index (χ3v) is 5.45. The zero-order valence-electron chi connectivity index (χ0n) is 11.9. The maximum Gasteiger partial charge on any atom is 0.270 e. The molecule has 112 valence electrons. The molecule has 4 aliphatic carbocycles. The monoisotopic (exact) mass is 289 g/mol. The highest BCUT2D eigenvalue weighted by atomic mass is 19.1. The minimum atomic E-state index is -0.428. The molecule has 3 N–H and O–H groups in total. The smallest absolute Gasteiger partial charge is 0.270 e. The van der Waals surface area contributed by atoms with Crippen molar-refractivity contribution in [3.8, 4) is 0 Å². The lowest BCUT2D eigenvalue weighted by Gasteiger charge is -2.61. The van der Waals surface area contributed by atoms with E-state index in [1.165, 1.54) is 18.6 Å². The summed E-state index contributed by atoms with van der Waals surface area (Å²) in [7, 11) is 0. The lowest BCUT2D eigenvalue weighted by molar-refractivity contribution is -0.0321. The Balaban J connectivity index is 1.56. The van der Waals surface area contributed by atoms with Crippen molar-refractivity contribution in [2.24, 2.45) is 17.6 Å². The third-order valence-electron chi connectivity index (χ3n) is 5.45. The van der Waals surface area contributed by atoms with Crippen molar-refractivity contribution < 1.29 is 9.18 Å². The summed E-state index contributed by atoms with van der Waals surface area (Å²) in [6.45, 7) is 0. The SMILES string of the molecule is NC12CC3CC(C1)CC(NC(=O)c1ccc(F)cn1)(C3)C2. The summed E-state index contributed by atoms with van der Waals surface area (Å²) in [6, 6.07) is 2.70. The molecule has 2 atom stereocenters. The molecule has 4 bridgehead atoms. The molecule has 4 nitrogen and oxygen atoms in total. The van der Waals surface area contributed by atoms with Gasteiger partial charge in [-0.1, -0.05) is 0 Å². The second-order valence-electron chi connectivity index (χ2n) is 7.42. The predicted octanol–water partition coefficient (Wildman–Crippen LogP) is 2.00. The van der Waals surface area contributed by atoms with Gasteiger partial charge in [0.2, 0.25) is 0 Å². The van der Waals surface area contributed by atoms with Gasteiger partial charge in [-0.2, -0.15) is 0 Å². The van der Waals surface area contributed by atoms with Crippen molar-refractivity contribution in [3.05, 3.63) is 29.8 Å². The molecule has 5 heteroatoms. The van der Waals surface area contributed by atoms with Crippen molar-refractivity contribution in [1.29, 1.82) is 0 Å². The summed E-state index contributed by atoms with van der Waals surface area (Å²) in [6.07, 6.45) is 7.43. The first-order valence-corrected chi connectivity index (χ1v) is 7.68. The second kappa shape index (κ2) is 4.26. The maximum atomic E-state index is 12.9. The van der Waals surface area contributed by atoms with Crippen LogP contribution < -0.4 is 11.1 Å². The molecule has 21 heavy (non-hydrogen) atoms. The molecular weight excluding hydrogens is 269 g/mol. The van der Waals surface area contributed by atoms with E-state index in [0.717, 1.165) is 38.3 Å². The average molecular weight is 289 g/mol. The van der Waals surface area contributed by atoms with Crippen molar-refractivity contribution in [2.75, 3.05) is 0 Å². The van der Waals surface area contributed by atoms with Crippen LogP contribution in [0.2, 0.25) is 0 Å². The number of carbonyl (C=O) groups is 1. The lowest BCUT2D eigenvalue weighted by atomic mass is 9.50. The number of hydrogen-bond acceptors (Lipinski definition) is 3. The van der Waals surface area contributed by atoms with Crippen LogP contribution in [0.4, 0.5) is 4.39 Å². The Morgan fingerprint density at radius 2 is 2.00 bits per heavy atom. The van der Waals surface area contributed by atoms with Gasteiger partial charge in [-0.15, -0.1) is 0 Å². The highest BCUT2D eigenvalue weighted by Gasteiger charge is 2.56. The summed E-state index contributed by atoms with van der Waals surface area (Å²) in [4.78, 5) is 16.3. The fraction of sp³-hybridized carbons (Fsp3) is 0.625. The quantitative estimate of drug-likeness (QED) is 0.875. The summed E-state index contributed by atoms with van der Waals surface area (Å²) >= 11 is 0. The first-order chi connectivity index (χ1) is 9.95. The standard InChI is InChI=1S/C16H20FN3O/c17-12-1-2-13(19-8-12)14(21)20-16-6-10-3-11(7-16)5-15(18,4-10)9-16/h1-2,8,10-11H,3-7,9,18H2,(H,20,21). The second-order valence-corrected chi connectivity index (χ2v) is 7.42. The van der Waals surface area contributed by atoms with E-state index in [1.54, 1.807) is 0 Å². The van der Waals surface area contributed by atoms with Crippen LogP contribution in [0, 0.1) is 17.7 Å². The Bertz CT molecular complexity index is 572. The van der Waals surface area contributed by atoms with E-state index in [0.29, 0.717) is 11.8 Å². The molecule has 2 unspecified atom stereocenters. The molecule has 0 spiro atoms. The summed E-state index contributed by atoms with van der Waals surface area (Å²) < 4.78 is 12.9. The number of amides is 1. The first kappa shape index (κ1) is 13.2. The van der Waals surface area contributed by atoms with E-state index < -0.39 is 5.82 Å². The maximum absolute atomic E-state index is 12.9. The van der Waals surface area contributed by atoms with E-state index in [2.05, 4.69) is 10.3 Å². The van der Waals surface area contributed by atoms with Gasteiger partial charge < -0.3 is 11.1 Å². The number of carbonyl (C=O) groups excluding carboxylic acids is 1. The van der Waals surface area contributed by atoms with Crippen LogP contribution in [0.25, 0.3) is 0 Å². The van der Waals surface area contributed by atoms with Crippen LogP contribution in [-0.2, 0) is 0 Å². The van der Waals surface area contributed by atoms with Crippen molar-refractivity contribution in [1.82, 2.24) is 10.3 Å². The van der Waals surface area contributed by atoms with Crippen molar-refractivity contribution in [2.45, 2.75) is 49.6 Å². The molecule has 0 aromatic carbocycles. The predicted molar refractivity (Wildman–Crippen MR) is 76.0 cm³/mol. The van der Waals surface area contributed by atoms with Crippen LogP contribution in [-0.4, -0.2) is 22.0 Å². The number of aromatic nitrogens is 1. The number of nitrogens with two attached hydrogens (primary N) is 1. The molecule has 1 heterocycles. The topological polar surface area (TPSA) is 68.0 Å². The fourth-order valence-electron chi connectivity index (χ4n) is 5.29. The highest BCUT2D eigenvalue weighted by molar-refractivity contribution is 5.92. The largest absolute Gasteiger partial charge is 0.345 e. The zero-order valence-corrected chi connectivity index (χ0v) is 11.9. The number of pyridine rings is 1. The molecule has 1 aromatic rings. The summed E-state index contributed by atoms with van der Waals surface area (Å²) in [5, 5.41) is 3.18. The molecule has 5 rings (SSSR count). The average Bonchev–Trinajstić information content (AvgIpc) is 2.35. The molecule has 4 aliphatic rings. The normalized spacial score (nSPS) is 40.3. The molecule has 4 fully saturated rings. The minimum Gasteiger partial charge on any atom is -0.345 e.